The summed E-state index contributed by atoms with van der Waals surface area (Å²) in [5.41, 5.74) is -0.0352. The van der Waals surface area contributed by atoms with E-state index in [1.807, 2.05) is 38.3 Å². The van der Waals surface area contributed by atoms with Gasteiger partial charge in [0.2, 0.25) is 0 Å². The normalized spacial score (nSPS) is 11.1. The topological polar surface area (TPSA) is 26.3 Å². The minimum atomic E-state index is -0.461. The van der Waals surface area contributed by atoms with Gasteiger partial charge >= 0.3 is 5.97 Å². The fourth-order valence-electron chi connectivity index (χ4n) is 0.891. The summed E-state index contributed by atoms with van der Waals surface area (Å²) in [6, 6.07) is 3.74. The minimum Gasteiger partial charge on any atom is -0.456 e. The first-order chi connectivity index (χ1) is 6.40. The smallest absolute Gasteiger partial charge is 0.339 e. The van der Waals surface area contributed by atoms with Crippen molar-refractivity contribution in [2.45, 2.75) is 26.4 Å². The third kappa shape index (κ3) is 3.00. The van der Waals surface area contributed by atoms with Gasteiger partial charge in [-0.1, -0.05) is 12.6 Å². The highest BCUT2D eigenvalue weighted by Gasteiger charge is 2.19. The second-order valence-corrected chi connectivity index (χ2v) is 4.91. The molecular weight excluding hydrogens is 196 g/mol. The first-order valence-corrected chi connectivity index (χ1v) is 5.24. The maximum Gasteiger partial charge on any atom is 0.339 e. The quantitative estimate of drug-likeness (QED) is 0.554. The van der Waals surface area contributed by atoms with Crippen molar-refractivity contribution in [1.82, 2.24) is 0 Å². The Morgan fingerprint density at radius 1 is 1.50 bits per heavy atom. The van der Waals surface area contributed by atoms with E-state index in [9.17, 15) is 4.79 Å². The number of esters is 1. The summed E-state index contributed by atoms with van der Waals surface area (Å²) < 4.78 is 5.19. The van der Waals surface area contributed by atoms with Crippen LogP contribution >= 0.6 is 11.3 Å². The molecule has 76 valence electrons. The van der Waals surface area contributed by atoms with E-state index in [-0.39, 0.29) is 5.97 Å². The largest absolute Gasteiger partial charge is 0.456 e. The van der Waals surface area contributed by atoms with Crippen LogP contribution in [0.15, 0.2) is 24.1 Å². The van der Waals surface area contributed by atoms with Crippen molar-refractivity contribution < 1.29 is 9.53 Å². The van der Waals surface area contributed by atoms with Crippen molar-refractivity contribution in [3.8, 4) is 0 Å². The molecule has 0 fully saturated rings. The molecule has 0 aliphatic carbocycles. The molecule has 0 atom stereocenters. The van der Waals surface area contributed by atoms with Crippen LogP contribution in [-0.4, -0.2) is 11.6 Å². The Morgan fingerprint density at radius 2 is 2.14 bits per heavy atom. The third-order valence-corrected chi connectivity index (χ3v) is 2.39. The van der Waals surface area contributed by atoms with Crippen molar-refractivity contribution in [1.29, 1.82) is 0 Å². The number of rotatable bonds is 2. The maximum absolute atomic E-state index is 11.5. The molecule has 14 heavy (non-hydrogen) atoms. The van der Waals surface area contributed by atoms with Gasteiger partial charge in [-0.15, -0.1) is 11.3 Å². The van der Waals surface area contributed by atoms with Crippen molar-refractivity contribution >= 4 is 22.9 Å². The fraction of sp³-hybridized carbons (Fsp3) is 0.364. The molecule has 3 heteroatoms. The first kappa shape index (κ1) is 11.0. The molecule has 0 aliphatic heterocycles. The van der Waals surface area contributed by atoms with Gasteiger partial charge in [-0.05, 0) is 32.2 Å². The molecule has 1 aromatic rings. The van der Waals surface area contributed by atoms with Crippen LogP contribution in [0, 0.1) is 0 Å². The van der Waals surface area contributed by atoms with Gasteiger partial charge in [0.15, 0.2) is 0 Å². The van der Waals surface area contributed by atoms with Gasteiger partial charge < -0.3 is 4.74 Å². The minimum absolute atomic E-state index is 0.347. The summed E-state index contributed by atoms with van der Waals surface area (Å²) in [6.07, 6.45) is 0. The predicted molar refractivity (Wildman–Crippen MR) is 59.2 cm³/mol. The Kier molecular flexibility index (Phi) is 3.11. The Bertz CT molecular complexity index is 331. The highest BCUT2D eigenvalue weighted by Crippen LogP contribution is 2.21. The van der Waals surface area contributed by atoms with Crippen LogP contribution in [0.2, 0.25) is 0 Å². The number of carbonyl (C=O) groups excluding carboxylic acids is 1. The van der Waals surface area contributed by atoms with Crippen LogP contribution < -0.4 is 0 Å². The molecular formula is C11H14O2S. The molecule has 0 aliphatic rings. The van der Waals surface area contributed by atoms with Gasteiger partial charge in [0.1, 0.15) is 5.60 Å². The van der Waals surface area contributed by atoms with Crippen LogP contribution in [-0.2, 0) is 9.53 Å². The molecule has 0 aromatic carbocycles. The van der Waals surface area contributed by atoms with E-state index in [1.165, 1.54) is 11.3 Å². The highest BCUT2D eigenvalue weighted by molar-refractivity contribution is 7.11. The van der Waals surface area contributed by atoms with Crippen molar-refractivity contribution in [3.63, 3.8) is 0 Å². The summed E-state index contributed by atoms with van der Waals surface area (Å²) in [4.78, 5) is 12.4. The highest BCUT2D eigenvalue weighted by atomic mass is 32.1. The van der Waals surface area contributed by atoms with E-state index >= 15 is 0 Å². The zero-order chi connectivity index (χ0) is 10.8. The van der Waals surface area contributed by atoms with Gasteiger partial charge in [0.25, 0.3) is 0 Å². The molecule has 1 rings (SSSR count). The lowest BCUT2D eigenvalue weighted by Crippen LogP contribution is -2.24. The fourth-order valence-corrected chi connectivity index (χ4v) is 1.58. The molecule has 0 radical (unpaired) electrons. The second-order valence-electron chi connectivity index (χ2n) is 3.96. The predicted octanol–water partition coefficient (Wildman–Crippen LogP) is 3.10. The second kappa shape index (κ2) is 3.96. The third-order valence-electron chi connectivity index (χ3n) is 1.46. The van der Waals surface area contributed by atoms with E-state index in [0.29, 0.717) is 5.57 Å². The Morgan fingerprint density at radius 3 is 2.57 bits per heavy atom. The molecule has 0 saturated carbocycles. The van der Waals surface area contributed by atoms with Crippen LogP contribution in [0.5, 0.6) is 0 Å². The zero-order valence-electron chi connectivity index (χ0n) is 8.66. The van der Waals surface area contributed by atoms with Gasteiger partial charge in [-0.25, -0.2) is 4.79 Å². The monoisotopic (exact) mass is 210 g/mol. The van der Waals surface area contributed by atoms with E-state index in [2.05, 4.69) is 6.58 Å². The number of thiophene rings is 1. The number of carbonyl (C=O) groups is 1. The standard InChI is InChI=1S/C11H14O2S/c1-8(9-6-5-7-14-9)10(12)13-11(2,3)4/h5-7H,1H2,2-4H3. The first-order valence-electron chi connectivity index (χ1n) is 4.36. The number of hydrogen-bond donors (Lipinski definition) is 0. The van der Waals surface area contributed by atoms with Gasteiger partial charge in [0, 0.05) is 4.88 Å². The Labute approximate surface area is 88.2 Å². The molecule has 1 heterocycles. The zero-order valence-corrected chi connectivity index (χ0v) is 9.48. The number of ether oxygens (including phenoxy) is 1. The van der Waals surface area contributed by atoms with E-state index < -0.39 is 5.60 Å². The average molecular weight is 210 g/mol. The average Bonchev–Trinajstić information content (AvgIpc) is 2.51. The van der Waals surface area contributed by atoms with Gasteiger partial charge in [0.05, 0.1) is 5.57 Å². The molecule has 0 saturated heterocycles. The number of hydrogen-bond acceptors (Lipinski definition) is 3. The maximum atomic E-state index is 11.5. The van der Waals surface area contributed by atoms with Gasteiger partial charge in [-0.3, -0.25) is 0 Å². The van der Waals surface area contributed by atoms with E-state index in [1.54, 1.807) is 0 Å². The molecule has 0 N–H and O–H groups in total. The Balaban J connectivity index is 2.68. The molecule has 0 unspecified atom stereocenters. The lowest BCUT2D eigenvalue weighted by atomic mass is 10.2. The van der Waals surface area contributed by atoms with Crippen LogP contribution in [0.4, 0.5) is 0 Å². The molecule has 1 aromatic heterocycles. The lowest BCUT2D eigenvalue weighted by molar-refractivity contribution is -0.147. The van der Waals surface area contributed by atoms with Crippen LogP contribution in [0.1, 0.15) is 25.6 Å². The molecule has 0 bridgehead atoms. The summed E-state index contributed by atoms with van der Waals surface area (Å²) in [7, 11) is 0. The summed E-state index contributed by atoms with van der Waals surface area (Å²) >= 11 is 1.48. The summed E-state index contributed by atoms with van der Waals surface area (Å²) in [5, 5.41) is 1.91. The SMILES string of the molecule is C=C(C(=O)OC(C)(C)C)c1cccs1. The Hall–Kier alpha value is -1.09. The summed E-state index contributed by atoms with van der Waals surface area (Å²) in [6.45, 7) is 9.24. The van der Waals surface area contributed by atoms with Crippen LogP contribution in [0.3, 0.4) is 0 Å². The van der Waals surface area contributed by atoms with Crippen molar-refractivity contribution in [3.05, 3.63) is 29.0 Å². The van der Waals surface area contributed by atoms with E-state index in [0.717, 1.165) is 4.88 Å². The lowest BCUT2D eigenvalue weighted by Gasteiger charge is -2.19. The van der Waals surface area contributed by atoms with E-state index in [4.69, 9.17) is 4.74 Å². The van der Waals surface area contributed by atoms with Crippen molar-refractivity contribution in [2.75, 3.05) is 0 Å². The van der Waals surface area contributed by atoms with Crippen LogP contribution in [0.25, 0.3) is 5.57 Å². The van der Waals surface area contributed by atoms with Crippen molar-refractivity contribution in [2.24, 2.45) is 0 Å². The summed E-state index contributed by atoms with van der Waals surface area (Å²) in [5.74, 6) is -0.347. The molecule has 0 amide bonds. The van der Waals surface area contributed by atoms with Gasteiger partial charge in [-0.2, -0.15) is 0 Å². The molecule has 0 spiro atoms. The molecule has 2 nitrogen and oxygen atoms in total.